The third-order valence-electron chi connectivity index (χ3n) is 4.54. The van der Waals surface area contributed by atoms with Gasteiger partial charge in [0.15, 0.2) is 5.82 Å². The maximum atomic E-state index is 10.5. The molecule has 2 aromatic heterocycles. The topological polar surface area (TPSA) is 80.2 Å². The summed E-state index contributed by atoms with van der Waals surface area (Å²) >= 11 is 0. The van der Waals surface area contributed by atoms with E-state index in [1.165, 1.54) is 0 Å². The van der Waals surface area contributed by atoms with Crippen LogP contribution >= 0.6 is 0 Å². The van der Waals surface area contributed by atoms with E-state index in [0.29, 0.717) is 12.4 Å². The molecule has 7 nitrogen and oxygen atoms in total. The van der Waals surface area contributed by atoms with Crippen molar-refractivity contribution < 1.29 is 9.63 Å². The largest absolute Gasteiger partial charge is 0.385 e. The second-order valence-electron chi connectivity index (χ2n) is 6.31. The summed E-state index contributed by atoms with van der Waals surface area (Å²) in [4.78, 5) is 11.0. The Kier molecular flexibility index (Phi) is 5.07. The van der Waals surface area contributed by atoms with Crippen LogP contribution in [0.15, 0.2) is 16.9 Å². The lowest BCUT2D eigenvalue weighted by atomic mass is 9.91. The average Bonchev–Trinajstić information content (AvgIpc) is 3.17. The third kappa shape index (κ3) is 3.79. The number of hydrogen-bond donors (Lipinski definition) is 1. The van der Waals surface area contributed by atoms with Crippen LogP contribution in [0.1, 0.15) is 49.8 Å². The van der Waals surface area contributed by atoms with Crippen molar-refractivity contribution in [3.8, 4) is 0 Å². The van der Waals surface area contributed by atoms with Gasteiger partial charge in [0.05, 0.1) is 6.54 Å². The lowest BCUT2D eigenvalue weighted by Crippen LogP contribution is -2.35. The van der Waals surface area contributed by atoms with Gasteiger partial charge in [-0.25, -0.2) is 4.98 Å². The van der Waals surface area contributed by atoms with Gasteiger partial charge in [0.2, 0.25) is 5.89 Å². The van der Waals surface area contributed by atoms with Crippen LogP contribution in [0.25, 0.3) is 0 Å². The Morgan fingerprint density at radius 1 is 1.39 bits per heavy atom. The van der Waals surface area contributed by atoms with E-state index in [-0.39, 0.29) is 5.92 Å². The predicted octanol–water partition coefficient (Wildman–Crippen LogP) is 1.70. The lowest BCUT2D eigenvalue weighted by Gasteiger charge is -2.33. The molecule has 1 N–H and O–H groups in total. The van der Waals surface area contributed by atoms with E-state index in [2.05, 4.69) is 26.9 Å². The molecule has 0 aromatic carbocycles. The maximum absolute atomic E-state index is 10.5. The second kappa shape index (κ2) is 7.23. The minimum absolute atomic E-state index is 0.255. The Balaban J connectivity index is 1.51. The van der Waals surface area contributed by atoms with Gasteiger partial charge in [0.1, 0.15) is 11.9 Å². The monoisotopic (exact) mass is 319 g/mol. The third-order valence-corrected chi connectivity index (χ3v) is 4.54. The first-order valence-electron chi connectivity index (χ1n) is 8.36. The van der Waals surface area contributed by atoms with Gasteiger partial charge in [0.25, 0.3) is 0 Å². The van der Waals surface area contributed by atoms with Gasteiger partial charge >= 0.3 is 0 Å². The van der Waals surface area contributed by atoms with E-state index in [4.69, 9.17) is 4.52 Å². The van der Waals surface area contributed by atoms with Gasteiger partial charge in [-0.1, -0.05) is 12.1 Å². The number of rotatable bonds is 6. The fourth-order valence-electron chi connectivity index (χ4n) is 3.17. The average molecular weight is 319 g/mol. The number of aliphatic hydroxyl groups is 1. The lowest BCUT2D eigenvalue weighted by molar-refractivity contribution is 0.0466. The Labute approximate surface area is 136 Å². The van der Waals surface area contributed by atoms with Crippen molar-refractivity contribution in [1.82, 2.24) is 24.6 Å². The molecule has 1 atom stereocenters. The molecule has 0 amide bonds. The molecule has 0 bridgehead atoms. The summed E-state index contributed by atoms with van der Waals surface area (Å²) in [6.45, 7) is 4.66. The van der Waals surface area contributed by atoms with Crippen molar-refractivity contribution in [3.63, 3.8) is 0 Å². The minimum Gasteiger partial charge on any atom is -0.385 e. The van der Waals surface area contributed by atoms with Crippen LogP contribution in [0.3, 0.4) is 0 Å². The van der Waals surface area contributed by atoms with Crippen LogP contribution in [-0.2, 0) is 20.0 Å². The Hall–Kier alpha value is -1.73. The van der Waals surface area contributed by atoms with Crippen LogP contribution in [0.2, 0.25) is 0 Å². The molecule has 0 spiro atoms. The maximum Gasteiger partial charge on any atom is 0.240 e. The molecule has 1 aliphatic heterocycles. The van der Waals surface area contributed by atoms with E-state index in [1.54, 1.807) is 6.20 Å². The van der Waals surface area contributed by atoms with E-state index in [9.17, 15) is 5.11 Å². The number of piperidine rings is 1. The van der Waals surface area contributed by atoms with Gasteiger partial charge in [0, 0.05) is 25.9 Å². The number of aromatic nitrogens is 4. The highest BCUT2D eigenvalue weighted by Gasteiger charge is 2.28. The Bertz CT molecular complexity index is 616. The highest BCUT2D eigenvalue weighted by atomic mass is 16.5. The molecule has 1 unspecified atom stereocenters. The van der Waals surface area contributed by atoms with Gasteiger partial charge in [-0.05, 0) is 38.3 Å². The molecule has 0 aliphatic carbocycles. The van der Waals surface area contributed by atoms with Crippen molar-refractivity contribution >= 4 is 0 Å². The quantitative estimate of drug-likeness (QED) is 0.873. The molecule has 3 rings (SSSR count). The fraction of sp³-hybridized carbons (Fsp3) is 0.688. The van der Waals surface area contributed by atoms with Crippen LogP contribution in [-0.4, -0.2) is 42.8 Å². The second-order valence-corrected chi connectivity index (χ2v) is 6.31. The zero-order valence-corrected chi connectivity index (χ0v) is 13.9. The first-order chi connectivity index (χ1) is 11.2. The van der Waals surface area contributed by atoms with Crippen LogP contribution in [0, 0.1) is 5.92 Å². The standard InChI is InChI=1S/C16H25N5O2/c1-3-4-13-18-14(23-19-13)11-21-8-5-12(6-9-21)15(22)16-17-7-10-20(16)2/h7,10,12,15,22H,3-6,8-9,11H2,1-2H3. The minimum atomic E-state index is -0.489. The van der Waals surface area contributed by atoms with E-state index >= 15 is 0 Å². The van der Waals surface area contributed by atoms with E-state index in [1.807, 2.05) is 17.8 Å². The summed E-state index contributed by atoms with van der Waals surface area (Å²) < 4.78 is 7.20. The number of likely N-dealkylation sites (tertiary alicyclic amines) is 1. The summed E-state index contributed by atoms with van der Waals surface area (Å²) in [5, 5.41) is 14.5. The molecule has 3 heterocycles. The van der Waals surface area contributed by atoms with Crippen molar-refractivity contribution in [2.75, 3.05) is 13.1 Å². The molecule has 1 aliphatic rings. The fourth-order valence-corrected chi connectivity index (χ4v) is 3.17. The summed E-state index contributed by atoms with van der Waals surface area (Å²) in [6.07, 6.45) is 6.90. The summed E-state index contributed by atoms with van der Waals surface area (Å²) in [5.74, 6) is 2.49. The number of nitrogens with zero attached hydrogens (tertiary/aromatic N) is 5. The van der Waals surface area contributed by atoms with E-state index in [0.717, 1.165) is 50.4 Å². The number of aliphatic hydroxyl groups excluding tert-OH is 1. The zero-order valence-electron chi connectivity index (χ0n) is 13.9. The molecular weight excluding hydrogens is 294 g/mol. The molecule has 1 saturated heterocycles. The molecule has 7 heteroatoms. The molecule has 126 valence electrons. The predicted molar refractivity (Wildman–Crippen MR) is 84.5 cm³/mol. The van der Waals surface area contributed by atoms with Gasteiger partial charge in [-0.2, -0.15) is 4.98 Å². The first-order valence-corrected chi connectivity index (χ1v) is 8.36. The first kappa shape index (κ1) is 16.1. The van der Waals surface area contributed by atoms with Crippen molar-refractivity contribution in [2.24, 2.45) is 13.0 Å². The number of imidazole rings is 1. The van der Waals surface area contributed by atoms with E-state index < -0.39 is 6.10 Å². The van der Waals surface area contributed by atoms with Crippen molar-refractivity contribution in [2.45, 2.75) is 45.3 Å². The van der Waals surface area contributed by atoms with Crippen LogP contribution in [0.4, 0.5) is 0 Å². The Morgan fingerprint density at radius 3 is 2.83 bits per heavy atom. The summed E-state index contributed by atoms with van der Waals surface area (Å²) in [6, 6.07) is 0. The SMILES string of the molecule is CCCc1noc(CN2CCC(C(O)c3nccn3C)CC2)n1. The van der Waals surface area contributed by atoms with Crippen molar-refractivity contribution in [1.29, 1.82) is 0 Å². The van der Waals surface area contributed by atoms with Crippen molar-refractivity contribution in [3.05, 3.63) is 29.9 Å². The highest BCUT2D eigenvalue weighted by molar-refractivity contribution is 4.98. The molecule has 0 radical (unpaired) electrons. The number of aryl methyl sites for hydroxylation is 2. The smallest absolute Gasteiger partial charge is 0.240 e. The van der Waals surface area contributed by atoms with Crippen LogP contribution in [0.5, 0.6) is 0 Å². The highest BCUT2D eigenvalue weighted by Crippen LogP contribution is 2.30. The van der Waals surface area contributed by atoms with Gasteiger partial charge in [-0.3, -0.25) is 4.90 Å². The molecule has 0 saturated carbocycles. The number of hydrogen-bond acceptors (Lipinski definition) is 6. The summed E-state index contributed by atoms with van der Waals surface area (Å²) in [5.41, 5.74) is 0. The van der Waals surface area contributed by atoms with Gasteiger partial charge in [-0.15, -0.1) is 0 Å². The summed E-state index contributed by atoms with van der Waals surface area (Å²) in [7, 11) is 1.92. The molecule has 23 heavy (non-hydrogen) atoms. The molecular formula is C16H25N5O2. The zero-order chi connectivity index (χ0) is 16.2. The molecule has 2 aromatic rings. The van der Waals surface area contributed by atoms with Gasteiger partial charge < -0.3 is 14.2 Å². The molecule has 1 fully saturated rings. The normalized spacial score (nSPS) is 18.4. The van der Waals surface area contributed by atoms with Crippen LogP contribution < -0.4 is 0 Å². The Morgan fingerprint density at radius 2 is 2.17 bits per heavy atom.